The van der Waals surface area contributed by atoms with E-state index in [2.05, 4.69) is 35.3 Å². The minimum Gasteiger partial charge on any atom is -0.380 e. The molecule has 1 saturated heterocycles. The van der Waals surface area contributed by atoms with Gasteiger partial charge < -0.3 is 10.2 Å². The van der Waals surface area contributed by atoms with Crippen molar-refractivity contribution >= 4 is 27.8 Å². The number of hydrogen-bond acceptors (Lipinski definition) is 4. The third-order valence-electron chi connectivity index (χ3n) is 5.62. The molecule has 1 heterocycles. The molecule has 0 bridgehead atoms. The number of piperidine rings is 1. The van der Waals surface area contributed by atoms with Gasteiger partial charge in [0.25, 0.3) is 5.69 Å². The van der Waals surface area contributed by atoms with Gasteiger partial charge in [0.05, 0.1) is 4.92 Å². The van der Waals surface area contributed by atoms with Gasteiger partial charge in [0.2, 0.25) is 0 Å². The number of anilines is 2. The van der Waals surface area contributed by atoms with E-state index in [1.54, 1.807) is 6.07 Å². The lowest BCUT2D eigenvalue weighted by atomic mass is 10.0. The third-order valence-corrected chi connectivity index (χ3v) is 5.62. The Bertz CT molecular complexity index is 997. The van der Waals surface area contributed by atoms with Crippen LogP contribution in [0.15, 0.2) is 60.7 Å². The van der Waals surface area contributed by atoms with E-state index in [1.807, 2.05) is 36.4 Å². The number of nitrogens with one attached hydrogen (secondary N) is 1. The van der Waals surface area contributed by atoms with Crippen LogP contribution in [0.5, 0.6) is 0 Å². The SMILES string of the molecule is C[C@H]1CCCCN1c1ccc(CNc2cccc3ccccc23)cc1[N+](=O)[O-]. The van der Waals surface area contributed by atoms with Gasteiger partial charge in [0, 0.05) is 36.3 Å². The molecule has 0 amide bonds. The first-order valence-electron chi connectivity index (χ1n) is 9.89. The fraction of sp³-hybridized carbons (Fsp3) is 0.304. The minimum absolute atomic E-state index is 0.200. The molecule has 28 heavy (non-hydrogen) atoms. The smallest absolute Gasteiger partial charge is 0.292 e. The van der Waals surface area contributed by atoms with Crippen molar-refractivity contribution in [2.24, 2.45) is 0 Å². The molecule has 144 valence electrons. The molecular formula is C23H25N3O2. The van der Waals surface area contributed by atoms with Crippen molar-refractivity contribution in [1.29, 1.82) is 0 Å². The summed E-state index contributed by atoms with van der Waals surface area (Å²) < 4.78 is 0. The minimum atomic E-state index is -0.252. The van der Waals surface area contributed by atoms with E-state index in [1.165, 1.54) is 11.8 Å². The van der Waals surface area contributed by atoms with E-state index >= 15 is 0 Å². The molecule has 0 aliphatic carbocycles. The van der Waals surface area contributed by atoms with Crippen LogP contribution in [0, 0.1) is 10.1 Å². The van der Waals surface area contributed by atoms with Crippen LogP contribution in [0.4, 0.5) is 17.1 Å². The molecule has 3 aromatic rings. The van der Waals surface area contributed by atoms with E-state index in [4.69, 9.17) is 0 Å². The van der Waals surface area contributed by atoms with Crippen molar-refractivity contribution in [2.75, 3.05) is 16.8 Å². The highest BCUT2D eigenvalue weighted by atomic mass is 16.6. The van der Waals surface area contributed by atoms with Gasteiger partial charge in [0.15, 0.2) is 0 Å². The normalized spacial score (nSPS) is 16.9. The van der Waals surface area contributed by atoms with Gasteiger partial charge in [0.1, 0.15) is 5.69 Å². The van der Waals surface area contributed by atoms with Crippen LogP contribution in [0.2, 0.25) is 0 Å². The molecule has 1 aliphatic rings. The number of nitrogens with zero attached hydrogens (tertiary/aromatic N) is 2. The Labute approximate surface area is 165 Å². The molecule has 0 saturated carbocycles. The highest BCUT2D eigenvalue weighted by molar-refractivity contribution is 5.93. The van der Waals surface area contributed by atoms with Gasteiger partial charge in [-0.2, -0.15) is 0 Å². The van der Waals surface area contributed by atoms with Crippen molar-refractivity contribution in [2.45, 2.75) is 38.8 Å². The summed E-state index contributed by atoms with van der Waals surface area (Å²) >= 11 is 0. The Morgan fingerprint density at radius 2 is 1.93 bits per heavy atom. The lowest BCUT2D eigenvalue weighted by Gasteiger charge is -2.35. The summed E-state index contributed by atoms with van der Waals surface area (Å²) in [7, 11) is 0. The molecule has 5 nitrogen and oxygen atoms in total. The summed E-state index contributed by atoms with van der Waals surface area (Å²) in [5.41, 5.74) is 2.89. The van der Waals surface area contributed by atoms with E-state index < -0.39 is 0 Å². The van der Waals surface area contributed by atoms with Gasteiger partial charge in [-0.25, -0.2) is 0 Å². The van der Waals surface area contributed by atoms with Crippen LogP contribution in [-0.4, -0.2) is 17.5 Å². The third kappa shape index (κ3) is 3.65. The maximum atomic E-state index is 11.7. The average Bonchev–Trinajstić information content (AvgIpc) is 2.72. The zero-order valence-corrected chi connectivity index (χ0v) is 16.1. The maximum Gasteiger partial charge on any atom is 0.292 e. The fourth-order valence-electron chi connectivity index (χ4n) is 4.10. The molecular weight excluding hydrogens is 350 g/mol. The van der Waals surface area contributed by atoms with Crippen LogP contribution in [0.1, 0.15) is 31.7 Å². The number of hydrogen-bond donors (Lipinski definition) is 1. The molecule has 1 atom stereocenters. The monoisotopic (exact) mass is 375 g/mol. The quantitative estimate of drug-likeness (QED) is 0.456. The molecule has 1 fully saturated rings. The Hall–Kier alpha value is -3.08. The van der Waals surface area contributed by atoms with E-state index in [0.717, 1.165) is 41.7 Å². The van der Waals surface area contributed by atoms with E-state index in [9.17, 15) is 10.1 Å². The molecule has 0 spiro atoms. The zero-order chi connectivity index (χ0) is 19.5. The van der Waals surface area contributed by atoms with E-state index in [-0.39, 0.29) is 10.6 Å². The Balaban J connectivity index is 1.58. The molecule has 3 aromatic carbocycles. The number of rotatable bonds is 5. The van der Waals surface area contributed by atoms with Crippen LogP contribution >= 0.6 is 0 Å². The summed E-state index contributed by atoms with van der Waals surface area (Å²) in [4.78, 5) is 13.7. The van der Waals surface area contributed by atoms with Crippen molar-refractivity contribution in [1.82, 2.24) is 0 Å². The lowest BCUT2D eigenvalue weighted by Crippen LogP contribution is -2.37. The van der Waals surface area contributed by atoms with Gasteiger partial charge in [-0.05, 0) is 49.3 Å². The lowest BCUT2D eigenvalue weighted by molar-refractivity contribution is -0.384. The summed E-state index contributed by atoms with van der Waals surface area (Å²) in [6, 6.07) is 20.3. The average molecular weight is 375 g/mol. The topological polar surface area (TPSA) is 58.4 Å². The summed E-state index contributed by atoms with van der Waals surface area (Å²) in [5.74, 6) is 0. The Morgan fingerprint density at radius 3 is 2.75 bits per heavy atom. The Morgan fingerprint density at radius 1 is 1.11 bits per heavy atom. The van der Waals surface area contributed by atoms with Crippen molar-refractivity contribution in [3.8, 4) is 0 Å². The number of nitro benzene ring substituents is 1. The molecule has 1 N–H and O–H groups in total. The Kier molecular flexibility index (Phi) is 5.15. The van der Waals surface area contributed by atoms with Crippen molar-refractivity contribution < 1.29 is 4.92 Å². The second kappa shape index (κ2) is 7.89. The predicted octanol–water partition coefficient (Wildman–Crippen LogP) is 5.74. The molecule has 0 radical (unpaired) electrons. The zero-order valence-electron chi connectivity index (χ0n) is 16.1. The highest BCUT2D eigenvalue weighted by Gasteiger charge is 2.25. The molecule has 4 rings (SSSR count). The standard InChI is InChI=1S/C23H25N3O2/c1-17-7-4-5-14-25(17)22-13-12-18(15-23(22)26(27)28)16-24-21-11-6-9-19-8-2-3-10-20(19)21/h2-3,6,8-13,15,17,24H,4-5,7,14,16H2,1H3/t17-/m0/s1. The molecule has 0 aromatic heterocycles. The summed E-state index contributed by atoms with van der Waals surface area (Å²) in [5, 5.41) is 17.5. The number of benzene rings is 3. The van der Waals surface area contributed by atoms with Gasteiger partial charge in [-0.3, -0.25) is 10.1 Å². The largest absolute Gasteiger partial charge is 0.380 e. The van der Waals surface area contributed by atoms with Crippen molar-refractivity contribution in [3.05, 3.63) is 76.3 Å². The van der Waals surface area contributed by atoms with Gasteiger partial charge in [-0.15, -0.1) is 0 Å². The summed E-state index contributed by atoms with van der Waals surface area (Å²) in [6.45, 7) is 3.58. The number of nitro groups is 1. The van der Waals surface area contributed by atoms with Crippen LogP contribution in [-0.2, 0) is 6.54 Å². The maximum absolute atomic E-state index is 11.7. The first kappa shape index (κ1) is 18.3. The molecule has 1 aliphatic heterocycles. The van der Waals surface area contributed by atoms with Gasteiger partial charge in [-0.1, -0.05) is 42.5 Å². The highest BCUT2D eigenvalue weighted by Crippen LogP contribution is 2.34. The second-order valence-corrected chi connectivity index (χ2v) is 7.50. The van der Waals surface area contributed by atoms with E-state index in [0.29, 0.717) is 12.6 Å². The number of fused-ring (bicyclic) bond motifs is 1. The molecule has 0 unspecified atom stereocenters. The second-order valence-electron chi connectivity index (χ2n) is 7.50. The summed E-state index contributed by atoms with van der Waals surface area (Å²) in [6.07, 6.45) is 3.37. The predicted molar refractivity (Wildman–Crippen MR) is 115 cm³/mol. The first-order valence-corrected chi connectivity index (χ1v) is 9.89. The van der Waals surface area contributed by atoms with Crippen LogP contribution < -0.4 is 10.2 Å². The van der Waals surface area contributed by atoms with Crippen LogP contribution in [0.3, 0.4) is 0 Å². The van der Waals surface area contributed by atoms with Crippen LogP contribution in [0.25, 0.3) is 10.8 Å². The molecule has 5 heteroatoms. The first-order chi connectivity index (χ1) is 13.6. The fourth-order valence-corrected chi connectivity index (χ4v) is 4.10. The van der Waals surface area contributed by atoms with Crippen molar-refractivity contribution in [3.63, 3.8) is 0 Å². The van der Waals surface area contributed by atoms with Gasteiger partial charge >= 0.3 is 0 Å².